The van der Waals surface area contributed by atoms with Crippen molar-refractivity contribution in [3.63, 3.8) is 0 Å². The Labute approximate surface area is 152 Å². The van der Waals surface area contributed by atoms with E-state index in [4.69, 9.17) is 4.74 Å². The lowest BCUT2D eigenvalue weighted by molar-refractivity contribution is -0.147. The quantitative estimate of drug-likeness (QED) is 0.856. The van der Waals surface area contributed by atoms with Crippen molar-refractivity contribution in [2.24, 2.45) is 0 Å². The topological polar surface area (TPSA) is 87.2 Å². The van der Waals surface area contributed by atoms with Crippen LogP contribution in [0, 0.1) is 0 Å². The number of hydrogen-bond donors (Lipinski definition) is 1. The molecule has 1 N–H and O–H groups in total. The summed E-state index contributed by atoms with van der Waals surface area (Å²) in [6, 6.07) is 1.43. The van der Waals surface area contributed by atoms with E-state index in [9.17, 15) is 32.7 Å². The molecule has 2 saturated heterocycles. The molecule has 3 rings (SSSR count). The number of morpholine rings is 1. The summed E-state index contributed by atoms with van der Waals surface area (Å²) in [5, 5.41) is 9.24. The smallest absolute Gasteiger partial charge is 0.416 e. The minimum absolute atomic E-state index is 0.0178. The minimum atomic E-state index is -4.72. The first-order valence-corrected chi connectivity index (χ1v) is 8.32. The van der Waals surface area contributed by atoms with Crippen molar-refractivity contribution in [1.29, 1.82) is 0 Å². The van der Waals surface area contributed by atoms with Crippen molar-refractivity contribution >= 4 is 23.5 Å². The maximum Gasteiger partial charge on any atom is 0.416 e. The molecule has 27 heavy (non-hydrogen) atoms. The lowest BCUT2D eigenvalue weighted by Crippen LogP contribution is -2.52. The predicted molar refractivity (Wildman–Crippen MR) is 86.3 cm³/mol. The number of anilines is 1. The molecule has 146 valence electrons. The minimum Gasteiger partial charge on any atom is -0.480 e. The van der Waals surface area contributed by atoms with Crippen LogP contribution in [0.25, 0.3) is 0 Å². The molecule has 0 saturated carbocycles. The monoisotopic (exact) mass is 386 g/mol. The normalized spacial score (nSPS) is 20.9. The summed E-state index contributed by atoms with van der Waals surface area (Å²) in [6.45, 7) is 0.0660. The van der Waals surface area contributed by atoms with Crippen molar-refractivity contribution in [2.45, 2.75) is 25.1 Å². The average Bonchev–Trinajstić information content (AvgIpc) is 3.06. The fraction of sp³-hybridized carbons (Fsp3) is 0.471. The van der Waals surface area contributed by atoms with Crippen LogP contribution in [0.4, 0.5) is 18.9 Å². The molecule has 1 aromatic carbocycles. The zero-order valence-corrected chi connectivity index (χ0v) is 14.2. The maximum atomic E-state index is 13.3. The Morgan fingerprint density at radius 2 is 1.93 bits per heavy atom. The summed E-state index contributed by atoms with van der Waals surface area (Å²) in [5.74, 6) is -2.46. The third-order valence-electron chi connectivity index (χ3n) is 4.55. The fourth-order valence-electron chi connectivity index (χ4n) is 3.19. The number of carbonyl (C=O) groups excluding carboxylic acids is 2. The van der Waals surface area contributed by atoms with Crippen LogP contribution in [0.1, 0.15) is 28.8 Å². The van der Waals surface area contributed by atoms with Crippen molar-refractivity contribution in [3.8, 4) is 0 Å². The van der Waals surface area contributed by atoms with Gasteiger partial charge >= 0.3 is 12.1 Å². The Morgan fingerprint density at radius 3 is 2.52 bits per heavy atom. The summed E-state index contributed by atoms with van der Waals surface area (Å²) in [7, 11) is 0. The van der Waals surface area contributed by atoms with E-state index in [2.05, 4.69) is 0 Å². The fourth-order valence-corrected chi connectivity index (χ4v) is 3.19. The SMILES string of the molecule is O=C(O)C1COCCN1C(=O)c1cc(N2CCCC2=O)cc(C(F)(F)F)c1. The molecular weight excluding hydrogens is 369 g/mol. The number of carboxylic acid groups (broad SMARTS) is 1. The Hall–Kier alpha value is -2.62. The Morgan fingerprint density at radius 1 is 1.19 bits per heavy atom. The number of benzene rings is 1. The van der Waals surface area contributed by atoms with Gasteiger partial charge in [0.05, 0.1) is 18.8 Å². The summed E-state index contributed by atoms with van der Waals surface area (Å²) in [4.78, 5) is 38.2. The number of aliphatic carboxylic acids is 1. The molecular formula is C17H17F3N2O5. The first-order chi connectivity index (χ1) is 12.7. The molecule has 1 unspecified atom stereocenters. The van der Waals surface area contributed by atoms with Crippen LogP contribution in [0.2, 0.25) is 0 Å². The standard InChI is InChI=1S/C17H17F3N2O5/c18-17(19,20)11-6-10(7-12(8-11)21-3-1-2-14(21)23)15(24)22-4-5-27-9-13(22)16(25)26/h6-8,13H,1-5,9H2,(H,25,26). The molecule has 2 aliphatic rings. The summed E-state index contributed by atoms with van der Waals surface area (Å²) < 4.78 is 44.9. The molecule has 0 aliphatic carbocycles. The maximum absolute atomic E-state index is 13.3. The molecule has 2 aliphatic heterocycles. The first kappa shape index (κ1) is 19.2. The van der Waals surface area contributed by atoms with E-state index in [1.54, 1.807) is 0 Å². The van der Waals surface area contributed by atoms with Crippen molar-refractivity contribution in [1.82, 2.24) is 4.90 Å². The Bertz CT molecular complexity index is 780. The molecule has 7 nitrogen and oxygen atoms in total. The van der Waals surface area contributed by atoms with Crippen LogP contribution in [0.15, 0.2) is 18.2 Å². The van der Waals surface area contributed by atoms with Gasteiger partial charge in [-0.15, -0.1) is 0 Å². The molecule has 0 aromatic heterocycles. The molecule has 1 atom stereocenters. The molecule has 2 amide bonds. The first-order valence-electron chi connectivity index (χ1n) is 8.32. The van der Waals surface area contributed by atoms with Crippen molar-refractivity contribution in [3.05, 3.63) is 29.3 Å². The number of carboxylic acids is 1. The molecule has 0 radical (unpaired) electrons. The van der Waals surface area contributed by atoms with Gasteiger partial charge in [0.1, 0.15) is 0 Å². The number of rotatable bonds is 3. The number of alkyl halides is 3. The number of nitrogens with zero attached hydrogens (tertiary/aromatic N) is 2. The highest BCUT2D eigenvalue weighted by molar-refractivity contribution is 6.00. The third kappa shape index (κ3) is 3.90. The van der Waals surface area contributed by atoms with Gasteiger partial charge in [0.2, 0.25) is 5.91 Å². The van der Waals surface area contributed by atoms with E-state index in [0.29, 0.717) is 12.5 Å². The van der Waals surface area contributed by atoms with E-state index in [0.717, 1.165) is 11.0 Å². The molecule has 2 heterocycles. The highest BCUT2D eigenvalue weighted by atomic mass is 19.4. The number of carbonyl (C=O) groups is 3. The third-order valence-corrected chi connectivity index (χ3v) is 4.55. The van der Waals surface area contributed by atoms with Crippen molar-refractivity contribution in [2.75, 3.05) is 31.2 Å². The summed E-state index contributed by atoms with van der Waals surface area (Å²) >= 11 is 0. The molecule has 2 fully saturated rings. The van der Waals surface area contributed by atoms with Gasteiger partial charge < -0.3 is 19.6 Å². The lowest BCUT2D eigenvalue weighted by atomic mass is 10.1. The Kier molecular flexibility index (Phi) is 5.09. The van der Waals surface area contributed by atoms with E-state index < -0.39 is 29.7 Å². The van der Waals surface area contributed by atoms with Crippen LogP contribution in [0.3, 0.4) is 0 Å². The van der Waals surface area contributed by atoms with Gasteiger partial charge in [-0.05, 0) is 24.6 Å². The van der Waals surface area contributed by atoms with Crippen molar-refractivity contribution < 1.29 is 37.4 Å². The number of hydrogen-bond acceptors (Lipinski definition) is 4. The molecule has 1 aromatic rings. The van der Waals surface area contributed by atoms with Crippen LogP contribution in [0.5, 0.6) is 0 Å². The van der Waals surface area contributed by atoms with Gasteiger partial charge in [0.15, 0.2) is 6.04 Å². The second-order valence-corrected chi connectivity index (χ2v) is 6.34. The number of amides is 2. The largest absolute Gasteiger partial charge is 0.480 e. The van der Waals surface area contributed by atoms with Crippen LogP contribution in [-0.2, 0) is 20.5 Å². The lowest BCUT2D eigenvalue weighted by Gasteiger charge is -2.33. The molecule has 10 heteroatoms. The van der Waals surface area contributed by atoms with E-state index in [1.165, 1.54) is 11.0 Å². The highest BCUT2D eigenvalue weighted by Crippen LogP contribution is 2.34. The van der Waals surface area contributed by atoms with Gasteiger partial charge in [-0.3, -0.25) is 9.59 Å². The summed E-state index contributed by atoms with van der Waals surface area (Å²) in [5.41, 5.74) is -1.40. The number of ether oxygens (including phenoxy) is 1. The van der Waals surface area contributed by atoms with Gasteiger partial charge in [0, 0.05) is 30.8 Å². The van der Waals surface area contributed by atoms with Crippen LogP contribution in [-0.4, -0.2) is 60.1 Å². The zero-order chi connectivity index (χ0) is 19.8. The number of halogens is 3. The van der Waals surface area contributed by atoms with Crippen LogP contribution < -0.4 is 4.90 Å². The molecule has 0 spiro atoms. The van der Waals surface area contributed by atoms with E-state index in [1.807, 2.05) is 0 Å². The van der Waals surface area contributed by atoms with Gasteiger partial charge in [-0.2, -0.15) is 13.2 Å². The van der Waals surface area contributed by atoms with Gasteiger partial charge in [0.25, 0.3) is 5.91 Å². The highest BCUT2D eigenvalue weighted by Gasteiger charge is 2.37. The molecule has 0 bridgehead atoms. The second kappa shape index (κ2) is 7.18. The zero-order valence-electron chi connectivity index (χ0n) is 14.2. The second-order valence-electron chi connectivity index (χ2n) is 6.34. The Balaban J connectivity index is 2.01. The van der Waals surface area contributed by atoms with E-state index >= 15 is 0 Å². The average molecular weight is 386 g/mol. The van der Waals surface area contributed by atoms with E-state index in [-0.39, 0.29) is 49.9 Å². The van der Waals surface area contributed by atoms with Gasteiger partial charge in [-0.1, -0.05) is 0 Å². The summed E-state index contributed by atoms with van der Waals surface area (Å²) in [6.07, 6.45) is -3.97. The van der Waals surface area contributed by atoms with Gasteiger partial charge in [-0.25, -0.2) is 4.79 Å². The van der Waals surface area contributed by atoms with Crippen LogP contribution >= 0.6 is 0 Å². The predicted octanol–water partition coefficient (Wildman–Crippen LogP) is 1.76.